The molecule has 0 saturated carbocycles. The first kappa shape index (κ1) is 13.5. The van der Waals surface area contributed by atoms with Gasteiger partial charge in [0.15, 0.2) is 6.10 Å². The van der Waals surface area contributed by atoms with E-state index in [0.717, 1.165) is 5.56 Å². The molecule has 1 aliphatic rings. The van der Waals surface area contributed by atoms with Gasteiger partial charge >= 0.3 is 11.9 Å². The van der Waals surface area contributed by atoms with Gasteiger partial charge in [-0.1, -0.05) is 26.8 Å². The zero-order valence-electron chi connectivity index (χ0n) is 11.1. The van der Waals surface area contributed by atoms with Gasteiger partial charge in [-0.3, -0.25) is 4.79 Å². The fourth-order valence-corrected chi connectivity index (χ4v) is 2.15. The minimum Gasteiger partial charge on any atom is -0.481 e. The summed E-state index contributed by atoms with van der Waals surface area (Å²) in [6.07, 6.45) is -1.48. The summed E-state index contributed by atoms with van der Waals surface area (Å²) in [6, 6.07) is 3.24. The van der Waals surface area contributed by atoms with Gasteiger partial charge in [-0.15, -0.1) is 0 Å². The van der Waals surface area contributed by atoms with Crippen LogP contribution in [-0.2, 0) is 21.4 Å². The molecule has 0 amide bonds. The van der Waals surface area contributed by atoms with E-state index in [0.29, 0.717) is 16.9 Å². The monoisotopic (exact) mass is 264 g/mol. The number of aliphatic carboxylic acids is 1. The van der Waals surface area contributed by atoms with Crippen LogP contribution in [0.2, 0.25) is 0 Å². The van der Waals surface area contributed by atoms with Gasteiger partial charge in [-0.2, -0.15) is 0 Å². The number of carboxylic acids is 1. The molecule has 102 valence electrons. The molecule has 1 aromatic rings. The Kier molecular flexibility index (Phi) is 3.10. The maximum absolute atomic E-state index is 11.5. The number of aliphatic hydroxyl groups is 1. The summed E-state index contributed by atoms with van der Waals surface area (Å²) in [5, 5.41) is 18.6. The second-order valence-electron chi connectivity index (χ2n) is 5.71. The highest BCUT2D eigenvalue weighted by Gasteiger charge is 2.36. The molecule has 1 atom stereocenters. The number of fused-ring (bicyclic) bond motifs is 1. The summed E-state index contributed by atoms with van der Waals surface area (Å²) in [6.45, 7) is 5.81. The molecule has 2 rings (SSSR count). The van der Waals surface area contributed by atoms with E-state index in [2.05, 4.69) is 0 Å². The summed E-state index contributed by atoms with van der Waals surface area (Å²) in [5.41, 5.74) is 1.32. The van der Waals surface area contributed by atoms with Crippen molar-refractivity contribution < 1.29 is 24.5 Å². The molecule has 19 heavy (non-hydrogen) atoms. The molecule has 0 saturated heterocycles. The van der Waals surface area contributed by atoms with Crippen molar-refractivity contribution in [2.24, 2.45) is 0 Å². The number of carboxylic acid groups (broad SMARTS) is 1. The molecule has 1 aromatic carbocycles. The van der Waals surface area contributed by atoms with Crippen molar-refractivity contribution in [3.8, 4) is 5.75 Å². The first-order valence-electron chi connectivity index (χ1n) is 5.99. The fourth-order valence-electron chi connectivity index (χ4n) is 2.15. The van der Waals surface area contributed by atoms with E-state index in [9.17, 15) is 14.7 Å². The molecule has 0 aromatic heterocycles. The first-order valence-corrected chi connectivity index (χ1v) is 5.99. The summed E-state index contributed by atoms with van der Waals surface area (Å²) in [5.74, 6) is -1.31. The van der Waals surface area contributed by atoms with Crippen molar-refractivity contribution in [3.05, 3.63) is 28.8 Å². The Morgan fingerprint density at radius 1 is 1.37 bits per heavy atom. The second-order valence-corrected chi connectivity index (χ2v) is 5.71. The number of aliphatic hydroxyl groups excluding tert-OH is 1. The maximum Gasteiger partial charge on any atom is 0.345 e. The van der Waals surface area contributed by atoms with Gasteiger partial charge in [0.2, 0.25) is 0 Å². The van der Waals surface area contributed by atoms with Crippen LogP contribution in [0.25, 0.3) is 0 Å². The van der Waals surface area contributed by atoms with Crippen LogP contribution in [0.5, 0.6) is 5.75 Å². The van der Waals surface area contributed by atoms with E-state index in [1.165, 1.54) is 6.07 Å². The lowest BCUT2D eigenvalue weighted by Crippen LogP contribution is -2.14. The van der Waals surface area contributed by atoms with Gasteiger partial charge < -0.3 is 14.9 Å². The Morgan fingerprint density at radius 3 is 2.53 bits per heavy atom. The quantitative estimate of drug-likeness (QED) is 0.625. The zero-order valence-corrected chi connectivity index (χ0v) is 11.1. The van der Waals surface area contributed by atoms with Gasteiger partial charge in [-0.25, -0.2) is 4.79 Å². The smallest absolute Gasteiger partial charge is 0.345 e. The third kappa shape index (κ3) is 2.46. The molecule has 2 N–H and O–H groups in total. The third-order valence-electron chi connectivity index (χ3n) is 3.06. The average Bonchev–Trinajstić information content (AvgIpc) is 2.53. The Bertz CT molecular complexity index is 554. The number of ether oxygens (including phenoxy) is 1. The van der Waals surface area contributed by atoms with E-state index in [4.69, 9.17) is 9.84 Å². The number of benzene rings is 1. The number of esters is 1. The van der Waals surface area contributed by atoms with Crippen molar-refractivity contribution in [1.82, 2.24) is 0 Å². The summed E-state index contributed by atoms with van der Waals surface area (Å²) in [4.78, 5) is 22.3. The average molecular weight is 264 g/mol. The van der Waals surface area contributed by atoms with Gasteiger partial charge in [0.25, 0.3) is 0 Å². The van der Waals surface area contributed by atoms with E-state index in [-0.39, 0.29) is 11.8 Å². The van der Waals surface area contributed by atoms with Crippen LogP contribution >= 0.6 is 0 Å². The second kappa shape index (κ2) is 4.35. The molecule has 0 spiro atoms. The van der Waals surface area contributed by atoms with Crippen molar-refractivity contribution >= 4 is 11.9 Å². The highest BCUT2D eigenvalue weighted by molar-refractivity contribution is 5.85. The van der Waals surface area contributed by atoms with Gasteiger partial charge in [0.1, 0.15) is 5.75 Å². The van der Waals surface area contributed by atoms with Crippen LogP contribution in [0.15, 0.2) is 12.1 Å². The Labute approximate surface area is 110 Å². The molecule has 1 unspecified atom stereocenters. The van der Waals surface area contributed by atoms with E-state index >= 15 is 0 Å². The van der Waals surface area contributed by atoms with Crippen molar-refractivity contribution in [3.63, 3.8) is 0 Å². The van der Waals surface area contributed by atoms with Gasteiger partial charge in [0.05, 0.1) is 6.42 Å². The molecule has 0 bridgehead atoms. The molecule has 0 aliphatic carbocycles. The zero-order chi connectivity index (χ0) is 14.4. The molecular formula is C14H16O5. The van der Waals surface area contributed by atoms with Crippen LogP contribution in [0, 0.1) is 0 Å². The van der Waals surface area contributed by atoms with Crippen molar-refractivity contribution in [1.29, 1.82) is 0 Å². The largest absolute Gasteiger partial charge is 0.481 e. The molecular weight excluding hydrogens is 248 g/mol. The first-order chi connectivity index (χ1) is 8.70. The molecule has 5 heteroatoms. The Balaban J connectivity index is 2.60. The lowest BCUT2D eigenvalue weighted by atomic mass is 9.83. The number of hydrogen-bond donors (Lipinski definition) is 2. The van der Waals surface area contributed by atoms with Gasteiger partial charge in [-0.05, 0) is 17.0 Å². The minimum atomic E-state index is -1.33. The van der Waals surface area contributed by atoms with E-state index in [1.807, 2.05) is 20.8 Å². The van der Waals surface area contributed by atoms with Crippen LogP contribution in [-0.4, -0.2) is 22.2 Å². The highest BCUT2D eigenvalue weighted by atomic mass is 16.6. The number of carbonyl (C=O) groups is 2. The van der Waals surface area contributed by atoms with Crippen LogP contribution < -0.4 is 4.74 Å². The van der Waals surface area contributed by atoms with E-state index < -0.39 is 18.0 Å². The van der Waals surface area contributed by atoms with E-state index in [1.54, 1.807) is 6.07 Å². The minimum absolute atomic E-state index is 0.155. The lowest BCUT2D eigenvalue weighted by Gasteiger charge is -2.22. The third-order valence-corrected chi connectivity index (χ3v) is 3.06. The van der Waals surface area contributed by atoms with Gasteiger partial charge in [0, 0.05) is 11.1 Å². The Morgan fingerprint density at radius 2 is 2.00 bits per heavy atom. The summed E-state index contributed by atoms with van der Waals surface area (Å²) >= 11 is 0. The predicted molar refractivity (Wildman–Crippen MR) is 67.1 cm³/mol. The molecule has 5 nitrogen and oxygen atoms in total. The van der Waals surface area contributed by atoms with Crippen LogP contribution in [0.3, 0.4) is 0 Å². The fraction of sp³-hybridized carbons (Fsp3) is 0.429. The standard InChI is InChI=1S/C14H16O5/c1-14(2,3)9-5-7(6-10(15)16)4-8-11(17)13(18)19-12(8)9/h4-5,11,17H,6H2,1-3H3,(H,15,16). The van der Waals surface area contributed by atoms with Crippen LogP contribution in [0.1, 0.15) is 43.6 Å². The number of rotatable bonds is 2. The Hall–Kier alpha value is -1.88. The molecule has 1 aliphatic heterocycles. The molecule has 1 heterocycles. The predicted octanol–water partition coefficient (Wildman–Crippen LogP) is 1.56. The topological polar surface area (TPSA) is 83.8 Å². The van der Waals surface area contributed by atoms with Crippen molar-refractivity contribution in [2.75, 3.05) is 0 Å². The molecule has 0 radical (unpaired) electrons. The van der Waals surface area contributed by atoms with Crippen molar-refractivity contribution in [2.45, 2.75) is 38.7 Å². The SMILES string of the molecule is CC(C)(C)c1cc(CC(=O)O)cc2c1OC(=O)C2O. The lowest BCUT2D eigenvalue weighted by molar-refractivity contribution is -0.141. The van der Waals surface area contributed by atoms with Crippen LogP contribution in [0.4, 0.5) is 0 Å². The summed E-state index contributed by atoms with van der Waals surface area (Å²) in [7, 11) is 0. The molecule has 0 fully saturated rings. The normalized spacial score (nSPS) is 18.1. The highest BCUT2D eigenvalue weighted by Crippen LogP contribution is 2.42. The summed E-state index contributed by atoms with van der Waals surface area (Å²) < 4.78 is 5.10. The number of carbonyl (C=O) groups excluding carboxylic acids is 1. The number of hydrogen-bond acceptors (Lipinski definition) is 4. The maximum atomic E-state index is 11.5.